The van der Waals surface area contributed by atoms with E-state index in [-0.39, 0.29) is 30.3 Å². The Kier molecular flexibility index (Phi) is 4.77. The van der Waals surface area contributed by atoms with Gasteiger partial charge in [-0.1, -0.05) is 6.07 Å². The highest BCUT2D eigenvalue weighted by Crippen LogP contribution is 2.38. The number of nitrogens with one attached hydrogen (secondary N) is 1. The van der Waals surface area contributed by atoms with Crippen LogP contribution in [0.15, 0.2) is 36.5 Å². The third-order valence-electron chi connectivity index (χ3n) is 4.71. The first-order chi connectivity index (χ1) is 13.1. The van der Waals surface area contributed by atoms with Crippen molar-refractivity contribution in [3.63, 3.8) is 0 Å². The van der Waals surface area contributed by atoms with E-state index in [9.17, 15) is 9.59 Å². The molecule has 140 valence electrons. The number of carbonyl (C=O) groups is 2. The molecule has 0 aliphatic carbocycles. The van der Waals surface area contributed by atoms with Crippen LogP contribution in [0.3, 0.4) is 0 Å². The molecule has 0 radical (unpaired) electrons. The molecule has 1 aromatic heterocycles. The SMILES string of the molecule is Cc1ccc2c(c1)N(CC(=O)NCC1CCCO1)C(=O)c1cccnc1O2. The van der Waals surface area contributed by atoms with Crippen LogP contribution in [0, 0.1) is 6.92 Å². The Hall–Kier alpha value is -2.93. The molecule has 7 heteroatoms. The molecule has 1 saturated heterocycles. The number of hydrogen-bond donors (Lipinski definition) is 1. The van der Waals surface area contributed by atoms with E-state index in [0.29, 0.717) is 23.5 Å². The number of hydrogen-bond acceptors (Lipinski definition) is 5. The number of nitrogens with zero attached hydrogens (tertiary/aromatic N) is 2. The predicted octanol–water partition coefficient (Wildman–Crippen LogP) is 2.44. The van der Waals surface area contributed by atoms with Crippen LogP contribution in [0.25, 0.3) is 0 Å². The Morgan fingerprint density at radius 2 is 2.26 bits per heavy atom. The van der Waals surface area contributed by atoms with Crippen LogP contribution in [0.1, 0.15) is 28.8 Å². The molecular formula is C20H21N3O4. The molecule has 1 fully saturated rings. The Bertz CT molecular complexity index is 877. The summed E-state index contributed by atoms with van der Waals surface area (Å²) in [5, 5.41) is 2.87. The van der Waals surface area contributed by atoms with E-state index in [4.69, 9.17) is 9.47 Å². The molecule has 2 aliphatic rings. The summed E-state index contributed by atoms with van der Waals surface area (Å²) in [4.78, 5) is 31.2. The third-order valence-corrected chi connectivity index (χ3v) is 4.71. The molecule has 4 rings (SSSR count). The van der Waals surface area contributed by atoms with Gasteiger partial charge in [-0.15, -0.1) is 0 Å². The Morgan fingerprint density at radius 1 is 1.37 bits per heavy atom. The van der Waals surface area contributed by atoms with Gasteiger partial charge in [0.25, 0.3) is 5.91 Å². The van der Waals surface area contributed by atoms with Crippen molar-refractivity contribution in [2.24, 2.45) is 0 Å². The maximum Gasteiger partial charge on any atom is 0.264 e. The van der Waals surface area contributed by atoms with Crippen LogP contribution < -0.4 is 15.0 Å². The van der Waals surface area contributed by atoms with E-state index < -0.39 is 0 Å². The summed E-state index contributed by atoms with van der Waals surface area (Å²) < 4.78 is 11.4. The normalized spacial score (nSPS) is 18.3. The molecular weight excluding hydrogens is 346 g/mol. The van der Waals surface area contributed by atoms with Gasteiger partial charge in [-0.05, 0) is 49.6 Å². The summed E-state index contributed by atoms with van der Waals surface area (Å²) in [6, 6.07) is 8.86. The summed E-state index contributed by atoms with van der Waals surface area (Å²) in [5.74, 6) is 0.196. The molecule has 0 bridgehead atoms. The lowest BCUT2D eigenvalue weighted by atomic mass is 10.1. The molecule has 1 N–H and O–H groups in total. The zero-order valence-corrected chi connectivity index (χ0v) is 15.1. The second-order valence-corrected chi connectivity index (χ2v) is 6.76. The second-order valence-electron chi connectivity index (χ2n) is 6.76. The van der Waals surface area contributed by atoms with Crippen LogP contribution in [0.2, 0.25) is 0 Å². The van der Waals surface area contributed by atoms with E-state index in [1.807, 2.05) is 19.1 Å². The lowest BCUT2D eigenvalue weighted by Crippen LogP contribution is -2.42. The van der Waals surface area contributed by atoms with Gasteiger partial charge in [-0.25, -0.2) is 4.98 Å². The molecule has 2 aliphatic heterocycles. The van der Waals surface area contributed by atoms with Gasteiger partial charge < -0.3 is 14.8 Å². The van der Waals surface area contributed by atoms with Gasteiger partial charge in [0.15, 0.2) is 5.75 Å². The molecule has 2 amide bonds. The van der Waals surface area contributed by atoms with Crippen LogP contribution in [-0.4, -0.2) is 42.6 Å². The van der Waals surface area contributed by atoms with Crippen molar-refractivity contribution in [2.75, 3.05) is 24.6 Å². The van der Waals surface area contributed by atoms with Gasteiger partial charge in [-0.2, -0.15) is 0 Å². The van der Waals surface area contributed by atoms with Gasteiger partial charge in [0.1, 0.15) is 12.1 Å². The van der Waals surface area contributed by atoms with Gasteiger partial charge in [0, 0.05) is 19.3 Å². The molecule has 3 heterocycles. The molecule has 0 saturated carbocycles. The molecule has 1 unspecified atom stereocenters. The fraction of sp³-hybridized carbons (Fsp3) is 0.350. The van der Waals surface area contributed by atoms with Crippen molar-refractivity contribution in [1.82, 2.24) is 10.3 Å². The van der Waals surface area contributed by atoms with E-state index >= 15 is 0 Å². The van der Waals surface area contributed by atoms with E-state index in [2.05, 4.69) is 10.3 Å². The van der Waals surface area contributed by atoms with Crippen molar-refractivity contribution < 1.29 is 19.1 Å². The largest absolute Gasteiger partial charge is 0.436 e. The first kappa shape index (κ1) is 17.5. The number of aromatic nitrogens is 1. The molecule has 0 spiro atoms. The van der Waals surface area contributed by atoms with Crippen molar-refractivity contribution in [3.05, 3.63) is 47.7 Å². The minimum absolute atomic E-state index is 0.0524. The van der Waals surface area contributed by atoms with Crippen LogP contribution in [0.5, 0.6) is 11.6 Å². The maximum absolute atomic E-state index is 13.1. The summed E-state index contributed by atoms with van der Waals surface area (Å²) in [5.41, 5.74) is 1.86. The van der Waals surface area contributed by atoms with E-state index in [1.165, 1.54) is 4.90 Å². The van der Waals surface area contributed by atoms with Gasteiger partial charge in [0.2, 0.25) is 11.8 Å². The smallest absolute Gasteiger partial charge is 0.264 e. The Labute approximate surface area is 157 Å². The zero-order valence-electron chi connectivity index (χ0n) is 15.1. The van der Waals surface area contributed by atoms with Crippen LogP contribution >= 0.6 is 0 Å². The number of anilines is 1. The lowest BCUT2D eigenvalue weighted by Gasteiger charge is -2.22. The number of rotatable bonds is 4. The highest BCUT2D eigenvalue weighted by Gasteiger charge is 2.30. The highest BCUT2D eigenvalue weighted by atomic mass is 16.5. The lowest BCUT2D eigenvalue weighted by molar-refractivity contribution is -0.120. The van der Waals surface area contributed by atoms with Gasteiger partial charge in [-0.3, -0.25) is 14.5 Å². The highest BCUT2D eigenvalue weighted by molar-refractivity contribution is 6.11. The molecule has 2 aromatic rings. The Morgan fingerprint density at radius 3 is 3.07 bits per heavy atom. The molecule has 1 atom stereocenters. The summed E-state index contributed by atoms with van der Waals surface area (Å²) in [6.45, 7) is 3.02. The van der Waals surface area contributed by atoms with Crippen LogP contribution in [0.4, 0.5) is 5.69 Å². The fourth-order valence-corrected chi connectivity index (χ4v) is 3.31. The number of ether oxygens (including phenoxy) is 2. The Balaban J connectivity index is 1.60. The third kappa shape index (κ3) is 3.64. The minimum Gasteiger partial charge on any atom is -0.436 e. The van der Waals surface area contributed by atoms with Crippen molar-refractivity contribution in [3.8, 4) is 11.6 Å². The monoisotopic (exact) mass is 367 g/mol. The standard InChI is InChI=1S/C20H21N3O4/c1-13-6-7-17-16(10-13)23(12-18(24)22-11-14-4-3-9-26-14)20(25)15-5-2-8-21-19(15)27-17/h2,5-8,10,14H,3-4,9,11-12H2,1H3,(H,22,24). The average molecular weight is 367 g/mol. The number of amides is 2. The number of aryl methyl sites for hydroxylation is 1. The second kappa shape index (κ2) is 7.36. The summed E-state index contributed by atoms with van der Waals surface area (Å²) in [6.07, 6.45) is 3.58. The van der Waals surface area contributed by atoms with Crippen molar-refractivity contribution in [2.45, 2.75) is 25.9 Å². The topological polar surface area (TPSA) is 80.8 Å². The van der Waals surface area contributed by atoms with Gasteiger partial charge >= 0.3 is 0 Å². The van der Waals surface area contributed by atoms with Crippen molar-refractivity contribution >= 4 is 17.5 Å². The zero-order chi connectivity index (χ0) is 18.8. The molecule has 7 nitrogen and oxygen atoms in total. The first-order valence-corrected chi connectivity index (χ1v) is 9.05. The molecule has 1 aromatic carbocycles. The summed E-state index contributed by atoms with van der Waals surface area (Å²) >= 11 is 0. The quantitative estimate of drug-likeness (QED) is 0.898. The number of fused-ring (bicyclic) bond motifs is 2. The van der Waals surface area contributed by atoms with Crippen LogP contribution in [-0.2, 0) is 9.53 Å². The van der Waals surface area contributed by atoms with Crippen molar-refractivity contribution in [1.29, 1.82) is 0 Å². The number of benzene rings is 1. The first-order valence-electron chi connectivity index (χ1n) is 9.05. The maximum atomic E-state index is 13.1. The molecule has 27 heavy (non-hydrogen) atoms. The summed E-state index contributed by atoms with van der Waals surface area (Å²) in [7, 11) is 0. The van der Waals surface area contributed by atoms with E-state index in [1.54, 1.807) is 24.4 Å². The van der Waals surface area contributed by atoms with Gasteiger partial charge in [0.05, 0.1) is 11.8 Å². The fourth-order valence-electron chi connectivity index (χ4n) is 3.31. The number of carbonyl (C=O) groups excluding carboxylic acids is 2. The van der Waals surface area contributed by atoms with E-state index in [0.717, 1.165) is 25.0 Å². The minimum atomic E-state index is -0.310. The average Bonchev–Trinajstić information content (AvgIpc) is 3.16. The number of pyridine rings is 1. The predicted molar refractivity (Wildman–Crippen MR) is 99.2 cm³/mol.